The number of nitrogens with one attached hydrogen (secondary N) is 1. The minimum Gasteiger partial charge on any atom is -0.488 e. The number of esters is 1. The standard InChI is InChI=1S/C22H16N2O4S/c23-10-9-14-5-7-16(8-6-14)24-20(25)13-28-22(26)19-11-15-12-27-18-4-2-1-3-17(18)21(15)29-19/h1-8,11H,9,12-13H2,(H,24,25). The molecule has 0 fully saturated rings. The molecule has 6 nitrogen and oxygen atoms in total. The van der Waals surface area contributed by atoms with Gasteiger partial charge >= 0.3 is 5.97 Å². The summed E-state index contributed by atoms with van der Waals surface area (Å²) in [6.07, 6.45) is 0.312. The van der Waals surface area contributed by atoms with Crippen molar-refractivity contribution >= 4 is 28.9 Å². The molecule has 0 spiro atoms. The highest BCUT2D eigenvalue weighted by Crippen LogP contribution is 2.42. The van der Waals surface area contributed by atoms with Gasteiger partial charge in [0.05, 0.1) is 12.5 Å². The first-order chi connectivity index (χ1) is 14.1. The number of rotatable bonds is 5. The molecule has 0 atom stereocenters. The van der Waals surface area contributed by atoms with Crippen LogP contribution in [0.5, 0.6) is 5.75 Å². The van der Waals surface area contributed by atoms with Crippen molar-refractivity contribution in [2.24, 2.45) is 0 Å². The van der Waals surface area contributed by atoms with Crippen molar-refractivity contribution in [2.75, 3.05) is 11.9 Å². The Hall–Kier alpha value is -3.63. The Morgan fingerprint density at radius 2 is 1.97 bits per heavy atom. The number of para-hydroxylation sites is 1. The minimum atomic E-state index is -0.540. The molecule has 2 aromatic carbocycles. The molecule has 1 aliphatic rings. The Kier molecular flexibility index (Phi) is 5.27. The third-order valence-corrected chi connectivity index (χ3v) is 5.57. The SMILES string of the molecule is N#CCc1ccc(NC(=O)COC(=O)c2cc3c(s2)-c2ccccc2OC3)cc1. The Balaban J connectivity index is 1.36. The van der Waals surface area contributed by atoms with Crippen LogP contribution < -0.4 is 10.1 Å². The van der Waals surface area contributed by atoms with Gasteiger partial charge in [0.1, 0.15) is 17.2 Å². The zero-order chi connectivity index (χ0) is 20.2. The summed E-state index contributed by atoms with van der Waals surface area (Å²) in [6.45, 7) is 0.0207. The van der Waals surface area contributed by atoms with Crippen LogP contribution in [-0.2, 0) is 22.6 Å². The number of benzene rings is 2. The van der Waals surface area contributed by atoms with Crippen LogP contribution in [0.4, 0.5) is 5.69 Å². The molecule has 144 valence electrons. The van der Waals surface area contributed by atoms with Gasteiger partial charge in [-0.3, -0.25) is 4.79 Å². The first kappa shape index (κ1) is 18.7. The minimum absolute atomic E-state index is 0.312. The summed E-state index contributed by atoms with van der Waals surface area (Å²) in [5.41, 5.74) is 3.33. The summed E-state index contributed by atoms with van der Waals surface area (Å²) < 4.78 is 10.9. The van der Waals surface area contributed by atoms with E-state index in [1.807, 2.05) is 24.3 Å². The zero-order valence-corrected chi connectivity index (χ0v) is 16.1. The normalized spacial score (nSPS) is 11.4. The Labute approximate surface area is 171 Å². The number of hydrogen-bond donors (Lipinski definition) is 1. The van der Waals surface area contributed by atoms with E-state index in [1.54, 1.807) is 30.3 Å². The fourth-order valence-corrected chi connectivity index (χ4v) is 4.09. The molecule has 2 heterocycles. The van der Waals surface area contributed by atoms with Gasteiger partial charge in [-0.15, -0.1) is 11.3 Å². The fourth-order valence-electron chi connectivity index (χ4n) is 3.00. The summed E-state index contributed by atoms with van der Waals surface area (Å²) in [5.74, 6) is -0.176. The number of thiophene rings is 1. The van der Waals surface area contributed by atoms with E-state index in [-0.39, 0.29) is 6.61 Å². The summed E-state index contributed by atoms with van der Waals surface area (Å²) in [5, 5.41) is 11.3. The number of anilines is 1. The average Bonchev–Trinajstić information content (AvgIpc) is 3.19. The second-order valence-electron chi connectivity index (χ2n) is 6.41. The molecule has 4 rings (SSSR count). The van der Waals surface area contributed by atoms with Crippen LogP contribution in [0, 0.1) is 11.3 Å². The lowest BCUT2D eigenvalue weighted by atomic mass is 10.1. The highest BCUT2D eigenvalue weighted by molar-refractivity contribution is 7.17. The molecule has 0 bridgehead atoms. The van der Waals surface area contributed by atoms with E-state index in [1.165, 1.54) is 11.3 Å². The maximum atomic E-state index is 12.4. The third kappa shape index (κ3) is 4.13. The van der Waals surface area contributed by atoms with Crippen molar-refractivity contribution in [3.8, 4) is 22.3 Å². The lowest BCUT2D eigenvalue weighted by Crippen LogP contribution is -2.20. The lowest BCUT2D eigenvalue weighted by molar-refractivity contribution is -0.119. The smallest absolute Gasteiger partial charge is 0.348 e. The molecule has 0 aliphatic carbocycles. The lowest BCUT2D eigenvalue weighted by Gasteiger charge is -2.16. The Bertz CT molecular complexity index is 1110. The fraction of sp³-hybridized carbons (Fsp3) is 0.136. The number of carbonyl (C=O) groups excluding carboxylic acids is 2. The molecule has 0 saturated carbocycles. The van der Waals surface area contributed by atoms with Crippen molar-refractivity contribution in [2.45, 2.75) is 13.0 Å². The van der Waals surface area contributed by atoms with E-state index < -0.39 is 11.9 Å². The average molecular weight is 404 g/mol. The molecule has 1 aromatic heterocycles. The van der Waals surface area contributed by atoms with Crippen LogP contribution in [-0.4, -0.2) is 18.5 Å². The van der Waals surface area contributed by atoms with Gasteiger partial charge in [0, 0.05) is 21.7 Å². The quantitative estimate of drug-likeness (QED) is 0.645. The number of nitriles is 1. The summed E-state index contributed by atoms with van der Waals surface area (Å²) in [7, 11) is 0. The van der Waals surface area contributed by atoms with E-state index in [0.717, 1.165) is 27.3 Å². The first-order valence-electron chi connectivity index (χ1n) is 8.92. The molecule has 7 heteroatoms. The number of fused-ring (bicyclic) bond motifs is 3. The first-order valence-corrected chi connectivity index (χ1v) is 9.73. The van der Waals surface area contributed by atoms with Crippen molar-refractivity contribution in [1.29, 1.82) is 5.26 Å². The molecule has 1 amide bonds. The Morgan fingerprint density at radius 1 is 1.17 bits per heavy atom. The molecule has 3 aromatic rings. The molecule has 0 unspecified atom stereocenters. The molecule has 1 N–H and O–H groups in total. The van der Waals surface area contributed by atoms with Gasteiger partial charge in [0.2, 0.25) is 0 Å². The largest absolute Gasteiger partial charge is 0.488 e. The van der Waals surface area contributed by atoms with Crippen LogP contribution >= 0.6 is 11.3 Å². The van der Waals surface area contributed by atoms with Crippen LogP contribution in [0.15, 0.2) is 54.6 Å². The summed E-state index contributed by atoms with van der Waals surface area (Å²) in [6, 6.07) is 18.4. The predicted octanol–water partition coefficient (Wildman–Crippen LogP) is 4.17. The topological polar surface area (TPSA) is 88.4 Å². The highest BCUT2D eigenvalue weighted by atomic mass is 32.1. The van der Waals surface area contributed by atoms with E-state index in [9.17, 15) is 9.59 Å². The van der Waals surface area contributed by atoms with Gasteiger partial charge in [-0.05, 0) is 35.9 Å². The van der Waals surface area contributed by atoms with E-state index in [2.05, 4.69) is 11.4 Å². The van der Waals surface area contributed by atoms with Gasteiger partial charge in [-0.25, -0.2) is 4.79 Å². The highest BCUT2D eigenvalue weighted by Gasteiger charge is 2.23. The van der Waals surface area contributed by atoms with Gasteiger partial charge < -0.3 is 14.8 Å². The third-order valence-electron chi connectivity index (χ3n) is 4.38. The van der Waals surface area contributed by atoms with Gasteiger partial charge in [0.15, 0.2) is 6.61 Å². The number of nitrogens with zero attached hydrogens (tertiary/aromatic N) is 1. The molecule has 1 aliphatic heterocycles. The van der Waals surface area contributed by atoms with E-state index in [0.29, 0.717) is 23.6 Å². The number of amides is 1. The summed E-state index contributed by atoms with van der Waals surface area (Å²) in [4.78, 5) is 25.9. The predicted molar refractivity (Wildman–Crippen MR) is 109 cm³/mol. The van der Waals surface area contributed by atoms with Crippen LogP contribution in [0.25, 0.3) is 10.4 Å². The summed E-state index contributed by atoms with van der Waals surface area (Å²) >= 11 is 1.34. The van der Waals surface area contributed by atoms with Crippen molar-refractivity contribution in [3.63, 3.8) is 0 Å². The number of ether oxygens (including phenoxy) is 2. The molecule has 0 radical (unpaired) electrons. The van der Waals surface area contributed by atoms with Crippen LogP contribution in [0.1, 0.15) is 20.8 Å². The van der Waals surface area contributed by atoms with Crippen molar-refractivity contribution < 1.29 is 19.1 Å². The van der Waals surface area contributed by atoms with Crippen molar-refractivity contribution in [1.82, 2.24) is 0 Å². The Morgan fingerprint density at radius 3 is 2.76 bits per heavy atom. The number of hydrogen-bond acceptors (Lipinski definition) is 6. The molecular weight excluding hydrogens is 388 g/mol. The van der Waals surface area contributed by atoms with Crippen LogP contribution in [0.3, 0.4) is 0 Å². The zero-order valence-electron chi connectivity index (χ0n) is 15.3. The monoisotopic (exact) mass is 404 g/mol. The molecular formula is C22H16N2O4S. The molecule has 29 heavy (non-hydrogen) atoms. The van der Waals surface area contributed by atoms with E-state index >= 15 is 0 Å². The second kappa shape index (κ2) is 8.17. The van der Waals surface area contributed by atoms with Gasteiger partial charge in [-0.1, -0.05) is 24.3 Å². The van der Waals surface area contributed by atoms with E-state index in [4.69, 9.17) is 14.7 Å². The molecule has 0 saturated heterocycles. The van der Waals surface area contributed by atoms with Crippen LogP contribution in [0.2, 0.25) is 0 Å². The van der Waals surface area contributed by atoms with Gasteiger partial charge in [0.25, 0.3) is 5.91 Å². The van der Waals surface area contributed by atoms with Crippen molar-refractivity contribution in [3.05, 3.63) is 70.6 Å². The maximum absolute atomic E-state index is 12.4. The van der Waals surface area contributed by atoms with Gasteiger partial charge in [-0.2, -0.15) is 5.26 Å². The number of carbonyl (C=O) groups is 2. The second-order valence-corrected chi connectivity index (χ2v) is 7.46. The maximum Gasteiger partial charge on any atom is 0.348 e.